The largest absolute Gasteiger partial charge is 0.354 e. The van der Waals surface area contributed by atoms with Crippen molar-refractivity contribution in [3.63, 3.8) is 0 Å². The number of sulfone groups is 1. The molecule has 0 spiro atoms. The zero-order valence-corrected chi connectivity index (χ0v) is 14.8. The van der Waals surface area contributed by atoms with E-state index in [4.69, 9.17) is 0 Å². The number of ketones is 1. The summed E-state index contributed by atoms with van der Waals surface area (Å²) in [6, 6.07) is 6.90. The monoisotopic (exact) mass is 361 g/mol. The van der Waals surface area contributed by atoms with Crippen LogP contribution in [0.5, 0.6) is 0 Å². The van der Waals surface area contributed by atoms with Gasteiger partial charge in [0.05, 0.1) is 17.7 Å². The van der Waals surface area contributed by atoms with E-state index in [0.717, 1.165) is 0 Å². The summed E-state index contributed by atoms with van der Waals surface area (Å²) in [6.07, 6.45) is 2.08. The minimum Gasteiger partial charge on any atom is -0.354 e. The molecule has 1 unspecified atom stereocenters. The summed E-state index contributed by atoms with van der Waals surface area (Å²) in [7, 11) is -1.17. The Bertz CT molecular complexity index is 900. The third-order valence-corrected chi connectivity index (χ3v) is 5.94. The number of nitrogens with zero attached hydrogens (tertiary/aromatic N) is 4. The number of aromatic nitrogens is 3. The van der Waals surface area contributed by atoms with Crippen LogP contribution in [0, 0.1) is 0 Å². The number of carbonyl (C=O) groups is 1. The van der Waals surface area contributed by atoms with Gasteiger partial charge in [-0.25, -0.2) is 8.42 Å². The van der Waals surface area contributed by atoms with Crippen LogP contribution < -0.4 is 10.2 Å². The van der Waals surface area contributed by atoms with Crippen LogP contribution in [-0.2, 0) is 9.84 Å². The van der Waals surface area contributed by atoms with E-state index in [1.165, 1.54) is 13.1 Å². The van der Waals surface area contributed by atoms with Gasteiger partial charge in [0.25, 0.3) is 0 Å². The highest BCUT2D eigenvalue weighted by Gasteiger charge is 2.31. The molecule has 0 saturated carbocycles. The maximum Gasteiger partial charge on any atom is 0.249 e. The van der Waals surface area contributed by atoms with Crippen molar-refractivity contribution in [2.75, 3.05) is 28.8 Å². The number of nitrogens with one attached hydrogen (secondary N) is 1. The van der Waals surface area contributed by atoms with Gasteiger partial charge in [-0.15, -0.1) is 5.10 Å². The first-order valence-corrected chi connectivity index (χ1v) is 9.67. The Kier molecular flexibility index (Phi) is 4.67. The molecule has 1 N–H and O–H groups in total. The van der Waals surface area contributed by atoms with Gasteiger partial charge < -0.3 is 10.2 Å². The fraction of sp³-hybridized carbons (Fsp3) is 0.375. The smallest absolute Gasteiger partial charge is 0.249 e. The standard InChI is InChI=1S/C16H19N5O3S/c1-11(22)12-4-3-5-13(8-12)18-16-19-15(9-17-20-16)21(2)14-6-7-25(23,24)10-14/h3-5,8-9,14H,6-7,10H2,1-2H3,(H,18,19,20). The molecule has 1 aliphatic rings. The maximum atomic E-state index is 11.7. The lowest BCUT2D eigenvalue weighted by molar-refractivity contribution is 0.101. The molecule has 1 saturated heterocycles. The third-order valence-electron chi connectivity index (χ3n) is 4.19. The highest BCUT2D eigenvalue weighted by atomic mass is 32.2. The van der Waals surface area contributed by atoms with E-state index >= 15 is 0 Å². The summed E-state index contributed by atoms with van der Waals surface area (Å²) >= 11 is 0. The molecular formula is C16H19N5O3S. The van der Waals surface area contributed by atoms with E-state index in [1.54, 1.807) is 31.3 Å². The average molecular weight is 361 g/mol. The normalized spacial score (nSPS) is 18.7. The SMILES string of the molecule is CC(=O)c1cccc(Nc2nncc(N(C)C3CCS(=O)(=O)C3)n2)c1. The molecule has 3 rings (SSSR count). The Morgan fingerprint density at radius 2 is 2.16 bits per heavy atom. The second-order valence-electron chi connectivity index (χ2n) is 6.07. The summed E-state index contributed by atoms with van der Waals surface area (Å²) < 4.78 is 23.3. The Morgan fingerprint density at radius 3 is 2.84 bits per heavy atom. The molecule has 2 heterocycles. The highest BCUT2D eigenvalue weighted by Crippen LogP contribution is 2.22. The molecule has 1 aromatic heterocycles. The van der Waals surface area contributed by atoms with Crippen molar-refractivity contribution in [2.24, 2.45) is 0 Å². The van der Waals surface area contributed by atoms with Gasteiger partial charge in [0.2, 0.25) is 5.95 Å². The maximum absolute atomic E-state index is 11.7. The lowest BCUT2D eigenvalue weighted by Crippen LogP contribution is -2.33. The van der Waals surface area contributed by atoms with Crippen LogP contribution in [0.25, 0.3) is 0 Å². The molecule has 132 valence electrons. The number of anilines is 3. The van der Waals surface area contributed by atoms with Crippen molar-refractivity contribution in [1.29, 1.82) is 0 Å². The van der Waals surface area contributed by atoms with Crippen LogP contribution in [0.15, 0.2) is 30.5 Å². The molecule has 25 heavy (non-hydrogen) atoms. The van der Waals surface area contributed by atoms with Gasteiger partial charge in [-0.2, -0.15) is 10.1 Å². The van der Waals surface area contributed by atoms with Gasteiger partial charge in [-0.05, 0) is 25.5 Å². The lowest BCUT2D eigenvalue weighted by atomic mass is 10.1. The fourth-order valence-corrected chi connectivity index (χ4v) is 4.51. The number of hydrogen-bond donors (Lipinski definition) is 1. The van der Waals surface area contributed by atoms with E-state index in [-0.39, 0.29) is 29.3 Å². The first kappa shape index (κ1) is 17.3. The molecule has 1 atom stereocenters. The molecule has 0 amide bonds. The molecule has 8 nitrogen and oxygen atoms in total. The summed E-state index contributed by atoms with van der Waals surface area (Å²) in [6.45, 7) is 1.50. The number of carbonyl (C=O) groups excluding carboxylic acids is 1. The van der Waals surface area contributed by atoms with Crippen molar-refractivity contribution < 1.29 is 13.2 Å². The van der Waals surface area contributed by atoms with E-state index in [1.807, 2.05) is 4.90 Å². The number of hydrogen-bond acceptors (Lipinski definition) is 8. The molecule has 0 bridgehead atoms. The predicted molar refractivity (Wildman–Crippen MR) is 95.0 cm³/mol. The van der Waals surface area contributed by atoms with Crippen molar-refractivity contribution in [2.45, 2.75) is 19.4 Å². The van der Waals surface area contributed by atoms with Crippen molar-refractivity contribution in [1.82, 2.24) is 15.2 Å². The summed E-state index contributed by atoms with van der Waals surface area (Å²) in [5.41, 5.74) is 1.26. The number of benzene rings is 1. The lowest BCUT2D eigenvalue weighted by Gasteiger charge is -2.24. The zero-order chi connectivity index (χ0) is 18.0. The Balaban J connectivity index is 1.78. The zero-order valence-electron chi connectivity index (χ0n) is 14.0. The minimum absolute atomic E-state index is 0.0291. The molecular weight excluding hydrogens is 342 g/mol. The average Bonchev–Trinajstić information content (AvgIpc) is 2.94. The third kappa shape index (κ3) is 4.11. The van der Waals surface area contributed by atoms with Gasteiger partial charge in [-0.1, -0.05) is 12.1 Å². The van der Waals surface area contributed by atoms with Crippen LogP contribution in [0.4, 0.5) is 17.5 Å². The summed E-state index contributed by atoms with van der Waals surface area (Å²) in [5.74, 6) is 1.12. The van der Waals surface area contributed by atoms with Crippen molar-refractivity contribution in [3.05, 3.63) is 36.0 Å². The fourth-order valence-electron chi connectivity index (χ4n) is 2.73. The van der Waals surface area contributed by atoms with Crippen LogP contribution in [-0.4, -0.2) is 54.0 Å². The number of Topliss-reactive ketones (excluding diaryl/α,β-unsaturated/α-hetero) is 1. The molecule has 1 fully saturated rings. The molecule has 0 aliphatic carbocycles. The Labute approximate surface area is 146 Å². The number of rotatable bonds is 5. The van der Waals surface area contributed by atoms with Gasteiger partial charge in [0, 0.05) is 24.3 Å². The minimum atomic E-state index is -2.97. The van der Waals surface area contributed by atoms with Gasteiger partial charge in [-0.3, -0.25) is 4.79 Å². The Hall–Kier alpha value is -2.55. The van der Waals surface area contributed by atoms with Gasteiger partial charge in [0.1, 0.15) is 0 Å². The van der Waals surface area contributed by atoms with E-state index in [0.29, 0.717) is 23.5 Å². The predicted octanol–water partition coefficient (Wildman–Crippen LogP) is 1.44. The van der Waals surface area contributed by atoms with Crippen LogP contribution >= 0.6 is 0 Å². The van der Waals surface area contributed by atoms with E-state index < -0.39 is 9.84 Å². The molecule has 0 radical (unpaired) electrons. The first-order valence-electron chi connectivity index (χ1n) is 7.85. The molecule has 1 aromatic carbocycles. The Morgan fingerprint density at radius 1 is 1.36 bits per heavy atom. The van der Waals surface area contributed by atoms with Crippen LogP contribution in [0.1, 0.15) is 23.7 Å². The first-order chi connectivity index (χ1) is 11.8. The van der Waals surface area contributed by atoms with Gasteiger partial charge in [0.15, 0.2) is 21.4 Å². The molecule has 2 aromatic rings. The summed E-state index contributed by atoms with van der Waals surface area (Å²) in [4.78, 5) is 17.7. The van der Waals surface area contributed by atoms with E-state index in [2.05, 4.69) is 20.5 Å². The topological polar surface area (TPSA) is 105 Å². The van der Waals surface area contributed by atoms with Crippen molar-refractivity contribution >= 4 is 33.1 Å². The van der Waals surface area contributed by atoms with E-state index in [9.17, 15) is 13.2 Å². The quantitative estimate of drug-likeness (QED) is 0.798. The molecule has 1 aliphatic heterocycles. The van der Waals surface area contributed by atoms with Crippen molar-refractivity contribution in [3.8, 4) is 0 Å². The second-order valence-corrected chi connectivity index (χ2v) is 8.30. The molecule has 9 heteroatoms. The second kappa shape index (κ2) is 6.75. The highest BCUT2D eigenvalue weighted by molar-refractivity contribution is 7.91. The van der Waals surface area contributed by atoms with Gasteiger partial charge >= 0.3 is 0 Å². The van der Waals surface area contributed by atoms with Crippen LogP contribution in [0.2, 0.25) is 0 Å². The van der Waals surface area contributed by atoms with Crippen LogP contribution in [0.3, 0.4) is 0 Å². The summed E-state index contributed by atoms with van der Waals surface area (Å²) in [5, 5.41) is 10.9.